The maximum absolute atomic E-state index is 9.66. The molecule has 2 aromatic carbocycles. The molecule has 1 saturated heterocycles. The molecule has 3 N–H and O–H groups in total. The summed E-state index contributed by atoms with van der Waals surface area (Å²) >= 11 is 6.01. The van der Waals surface area contributed by atoms with Gasteiger partial charge in [0.05, 0.1) is 0 Å². The number of aliphatic hydroxyl groups is 1. The average molecular weight is 465 g/mol. The van der Waals surface area contributed by atoms with Crippen LogP contribution in [0.5, 0.6) is 0 Å². The zero-order valence-corrected chi connectivity index (χ0v) is 19.3. The van der Waals surface area contributed by atoms with E-state index < -0.39 is 0 Å². The molecule has 5 rings (SSSR count). The van der Waals surface area contributed by atoms with Crippen molar-refractivity contribution in [2.75, 3.05) is 35.2 Å². The summed E-state index contributed by atoms with van der Waals surface area (Å²) in [5.41, 5.74) is 3.86. The topological polar surface area (TPSA) is 86.2 Å². The molecule has 2 aliphatic rings. The third kappa shape index (κ3) is 5.37. The molecule has 3 aromatic rings. The highest BCUT2D eigenvalue weighted by molar-refractivity contribution is 6.30. The molecule has 0 saturated carbocycles. The van der Waals surface area contributed by atoms with E-state index in [1.165, 1.54) is 11.1 Å². The maximum atomic E-state index is 9.66. The Morgan fingerprint density at radius 1 is 0.970 bits per heavy atom. The van der Waals surface area contributed by atoms with Gasteiger partial charge >= 0.3 is 0 Å². The first-order chi connectivity index (χ1) is 16.2. The van der Waals surface area contributed by atoms with Crippen LogP contribution in [0.3, 0.4) is 0 Å². The monoisotopic (exact) mass is 464 g/mol. The number of hydrogen-bond acceptors (Lipinski definition) is 7. The molecule has 172 valence electrons. The van der Waals surface area contributed by atoms with Crippen molar-refractivity contribution in [3.05, 3.63) is 70.2 Å². The number of fused-ring (bicyclic) bond motifs is 1. The van der Waals surface area contributed by atoms with E-state index in [1.54, 1.807) is 0 Å². The van der Waals surface area contributed by atoms with Gasteiger partial charge in [-0.3, -0.25) is 0 Å². The van der Waals surface area contributed by atoms with Crippen LogP contribution in [0.4, 0.5) is 17.8 Å². The number of benzene rings is 2. The molecule has 0 bridgehead atoms. The van der Waals surface area contributed by atoms with Gasteiger partial charge in [-0.15, -0.1) is 0 Å². The van der Waals surface area contributed by atoms with Crippen LogP contribution in [0.15, 0.2) is 48.5 Å². The Balaban J connectivity index is 1.36. The lowest BCUT2D eigenvalue weighted by Crippen LogP contribution is -2.38. The number of halogens is 1. The number of nitrogens with one attached hydrogen (secondary N) is 2. The molecule has 0 spiro atoms. The van der Waals surface area contributed by atoms with Gasteiger partial charge in [0.25, 0.3) is 0 Å². The van der Waals surface area contributed by atoms with Crippen molar-refractivity contribution in [2.45, 2.75) is 38.3 Å². The van der Waals surface area contributed by atoms with E-state index in [9.17, 15) is 5.11 Å². The van der Waals surface area contributed by atoms with Gasteiger partial charge in [0.1, 0.15) is 0 Å². The zero-order chi connectivity index (χ0) is 22.6. The largest absolute Gasteiger partial charge is 0.396 e. The van der Waals surface area contributed by atoms with Crippen LogP contribution in [0.25, 0.3) is 0 Å². The number of piperidine rings is 1. The highest BCUT2D eigenvalue weighted by atomic mass is 35.5. The Morgan fingerprint density at radius 3 is 2.42 bits per heavy atom. The molecule has 1 fully saturated rings. The molecular formula is C25H29ClN6O. The van der Waals surface area contributed by atoms with E-state index in [2.05, 4.69) is 44.8 Å². The molecule has 1 aromatic heterocycles. The van der Waals surface area contributed by atoms with Crippen molar-refractivity contribution < 1.29 is 5.11 Å². The molecule has 8 heteroatoms. The molecule has 1 aliphatic carbocycles. The van der Waals surface area contributed by atoms with E-state index in [-0.39, 0.29) is 18.6 Å². The fourth-order valence-corrected chi connectivity index (χ4v) is 4.80. The van der Waals surface area contributed by atoms with Gasteiger partial charge in [0.2, 0.25) is 17.8 Å². The second-order valence-corrected chi connectivity index (χ2v) is 9.35. The summed E-state index contributed by atoms with van der Waals surface area (Å²) in [6, 6.07) is 16.6. The minimum atomic E-state index is 0.189. The summed E-state index contributed by atoms with van der Waals surface area (Å²) in [6.45, 7) is 2.42. The van der Waals surface area contributed by atoms with Gasteiger partial charge < -0.3 is 20.6 Å². The van der Waals surface area contributed by atoms with Crippen molar-refractivity contribution in [3.8, 4) is 0 Å². The second-order valence-electron chi connectivity index (χ2n) is 8.92. The van der Waals surface area contributed by atoms with Crippen molar-refractivity contribution in [2.24, 2.45) is 5.92 Å². The van der Waals surface area contributed by atoms with Crippen LogP contribution < -0.4 is 15.5 Å². The summed E-state index contributed by atoms with van der Waals surface area (Å²) in [7, 11) is 0. The van der Waals surface area contributed by atoms with Crippen molar-refractivity contribution in [1.29, 1.82) is 0 Å². The lowest BCUT2D eigenvalue weighted by atomic mass is 9.99. The molecule has 33 heavy (non-hydrogen) atoms. The lowest BCUT2D eigenvalue weighted by molar-refractivity contribution is 0.208. The van der Waals surface area contributed by atoms with E-state index in [1.807, 2.05) is 24.3 Å². The number of aliphatic hydroxyl groups excluding tert-OH is 1. The van der Waals surface area contributed by atoms with Gasteiger partial charge in [-0.05, 0) is 60.4 Å². The first kappa shape index (κ1) is 21.9. The molecule has 1 unspecified atom stereocenters. The Kier molecular flexibility index (Phi) is 6.60. The molecule has 1 atom stereocenters. The minimum absolute atomic E-state index is 0.189. The third-order valence-electron chi connectivity index (χ3n) is 6.43. The molecule has 0 amide bonds. The Morgan fingerprint density at radius 2 is 1.70 bits per heavy atom. The first-order valence-corrected chi connectivity index (χ1v) is 12.0. The van der Waals surface area contributed by atoms with E-state index >= 15 is 0 Å². The highest BCUT2D eigenvalue weighted by Crippen LogP contribution is 2.26. The van der Waals surface area contributed by atoms with Gasteiger partial charge in [0.15, 0.2) is 0 Å². The molecule has 0 radical (unpaired) electrons. The SMILES string of the molecule is OCC1CCCN(c2nc(NCc3ccc(Cl)cc3)nc(NC3Cc4ccccc4C3)n2)C1. The van der Waals surface area contributed by atoms with Crippen LogP contribution in [-0.4, -0.2) is 45.8 Å². The summed E-state index contributed by atoms with van der Waals surface area (Å²) in [5, 5.41) is 17.3. The fraction of sp³-hybridized carbons (Fsp3) is 0.400. The maximum Gasteiger partial charge on any atom is 0.231 e. The van der Waals surface area contributed by atoms with Crippen molar-refractivity contribution in [3.63, 3.8) is 0 Å². The van der Waals surface area contributed by atoms with Crippen LogP contribution in [-0.2, 0) is 19.4 Å². The van der Waals surface area contributed by atoms with E-state index in [0.717, 1.165) is 44.3 Å². The number of anilines is 3. The third-order valence-corrected chi connectivity index (χ3v) is 6.68. The number of hydrogen-bond donors (Lipinski definition) is 3. The molecule has 2 heterocycles. The van der Waals surface area contributed by atoms with Gasteiger partial charge in [0, 0.05) is 37.3 Å². The van der Waals surface area contributed by atoms with Crippen LogP contribution in [0, 0.1) is 5.92 Å². The smallest absolute Gasteiger partial charge is 0.231 e. The first-order valence-electron chi connectivity index (χ1n) is 11.6. The predicted octanol–water partition coefficient (Wildman–Crippen LogP) is 3.93. The Labute approximate surface area is 199 Å². The lowest BCUT2D eigenvalue weighted by Gasteiger charge is -2.32. The summed E-state index contributed by atoms with van der Waals surface area (Å²) in [4.78, 5) is 16.3. The van der Waals surface area contributed by atoms with Gasteiger partial charge in [-0.1, -0.05) is 48.0 Å². The van der Waals surface area contributed by atoms with Crippen molar-refractivity contribution >= 4 is 29.4 Å². The van der Waals surface area contributed by atoms with Gasteiger partial charge in [-0.25, -0.2) is 0 Å². The van der Waals surface area contributed by atoms with Gasteiger partial charge in [-0.2, -0.15) is 15.0 Å². The van der Waals surface area contributed by atoms with Crippen LogP contribution in [0.1, 0.15) is 29.5 Å². The highest BCUT2D eigenvalue weighted by Gasteiger charge is 2.25. The zero-order valence-electron chi connectivity index (χ0n) is 18.5. The Hall–Kier alpha value is -2.90. The number of aromatic nitrogens is 3. The van der Waals surface area contributed by atoms with Crippen LogP contribution >= 0.6 is 11.6 Å². The number of nitrogens with zero attached hydrogens (tertiary/aromatic N) is 4. The van der Waals surface area contributed by atoms with Crippen molar-refractivity contribution in [1.82, 2.24) is 15.0 Å². The summed E-state index contributed by atoms with van der Waals surface area (Å²) in [6.07, 6.45) is 3.97. The predicted molar refractivity (Wildman–Crippen MR) is 132 cm³/mol. The molecule has 7 nitrogen and oxygen atoms in total. The Bertz CT molecular complexity index is 1070. The van der Waals surface area contributed by atoms with Crippen LogP contribution in [0.2, 0.25) is 5.02 Å². The summed E-state index contributed by atoms with van der Waals surface area (Å²) in [5.74, 6) is 2.03. The second kappa shape index (κ2) is 9.93. The molecule has 1 aliphatic heterocycles. The quantitative estimate of drug-likeness (QED) is 0.488. The number of rotatable bonds is 7. The van der Waals surface area contributed by atoms with E-state index in [4.69, 9.17) is 21.6 Å². The fourth-order valence-electron chi connectivity index (χ4n) is 4.67. The molecular weight excluding hydrogens is 436 g/mol. The standard InChI is InChI=1S/C25H29ClN6O/c26-21-9-7-17(8-10-21)14-27-23-29-24(28-22-12-19-5-1-2-6-20(19)13-22)31-25(30-23)32-11-3-4-18(15-32)16-33/h1-2,5-10,18,22,33H,3-4,11-16H2,(H2,27,28,29,30,31). The minimum Gasteiger partial charge on any atom is -0.396 e. The normalized spacial score (nSPS) is 18.2. The van der Waals surface area contributed by atoms with E-state index in [0.29, 0.717) is 29.4 Å². The average Bonchev–Trinajstić information content (AvgIpc) is 3.26. The summed E-state index contributed by atoms with van der Waals surface area (Å²) < 4.78 is 0.